The van der Waals surface area contributed by atoms with E-state index in [9.17, 15) is 0 Å². The van der Waals surface area contributed by atoms with Crippen molar-refractivity contribution in [3.05, 3.63) is 184 Å². The summed E-state index contributed by atoms with van der Waals surface area (Å²) < 4.78 is 0. The molecular formula is C41H37N. The van der Waals surface area contributed by atoms with Gasteiger partial charge in [0, 0.05) is 0 Å². The van der Waals surface area contributed by atoms with Crippen molar-refractivity contribution >= 4 is 22.3 Å². The van der Waals surface area contributed by atoms with Crippen LogP contribution in [0.2, 0.25) is 0 Å². The number of hydrogen-bond acceptors (Lipinski definition) is 1. The molecule has 4 aliphatic carbocycles. The van der Waals surface area contributed by atoms with Crippen LogP contribution in [0.25, 0.3) is 22.3 Å². The van der Waals surface area contributed by atoms with Gasteiger partial charge < -0.3 is 0 Å². The average molecular weight is 544 g/mol. The number of pyridine rings is 1. The summed E-state index contributed by atoms with van der Waals surface area (Å²) in [6.45, 7) is 8.42. The molecule has 2 bridgehead atoms. The van der Waals surface area contributed by atoms with Gasteiger partial charge in [-0.25, -0.2) is 4.98 Å². The maximum atomic E-state index is 5.27. The Hall–Kier alpha value is -4.75. The smallest absolute Gasteiger partial charge is 0.0741 e. The Bertz CT molecular complexity index is 1880. The van der Waals surface area contributed by atoms with E-state index in [-0.39, 0.29) is 0 Å². The van der Waals surface area contributed by atoms with Crippen molar-refractivity contribution < 1.29 is 0 Å². The molecule has 0 aliphatic heterocycles. The average Bonchev–Trinajstić information content (AvgIpc) is 3.45. The van der Waals surface area contributed by atoms with Gasteiger partial charge in [-0.1, -0.05) is 128 Å². The molecule has 0 N–H and O–H groups in total. The minimum Gasteiger partial charge on any atom is -0.247 e. The van der Waals surface area contributed by atoms with Gasteiger partial charge >= 0.3 is 0 Å². The zero-order chi connectivity index (χ0) is 28.9. The molecular weight excluding hydrogens is 506 g/mol. The Morgan fingerprint density at radius 2 is 1.48 bits per heavy atom. The first-order valence-corrected chi connectivity index (χ1v) is 15.0. The van der Waals surface area contributed by atoms with Crippen molar-refractivity contribution in [2.75, 3.05) is 0 Å². The number of fused-ring (bicyclic) bond motifs is 3. The van der Waals surface area contributed by atoms with Crippen LogP contribution in [0.4, 0.5) is 0 Å². The van der Waals surface area contributed by atoms with E-state index in [0.29, 0.717) is 0 Å². The van der Waals surface area contributed by atoms with E-state index in [1.54, 1.807) is 0 Å². The molecule has 0 unspecified atom stereocenters. The summed E-state index contributed by atoms with van der Waals surface area (Å²) in [6, 6.07) is 11.2. The number of hydrogen-bond donors (Lipinski definition) is 0. The third-order valence-electron chi connectivity index (χ3n) is 8.32. The Labute approximate surface area is 250 Å². The van der Waals surface area contributed by atoms with Crippen molar-refractivity contribution in [1.29, 1.82) is 0 Å². The highest BCUT2D eigenvalue weighted by atomic mass is 14.7. The summed E-state index contributed by atoms with van der Waals surface area (Å²) in [4.78, 5) is 5.27. The Morgan fingerprint density at radius 3 is 2.24 bits per heavy atom. The summed E-state index contributed by atoms with van der Waals surface area (Å²) in [5.41, 5.74) is 13.1. The molecule has 4 aliphatic rings. The molecule has 1 nitrogen and oxygen atoms in total. The molecule has 0 radical (unpaired) electrons. The zero-order valence-corrected chi connectivity index (χ0v) is 24.6. The zero-order valence-electron chi connectivity index (χ0n) is 24.6. The Kier molecular flexibility index (Phi) is 8.10. The SMILES string of the molecule is C=C/C(=C\C)c1cc(C2=c3ccccc3=C(C3=CC=CCC=C3)C3=CC=CC=C2C3)c(C)c(C2=CC/C=C\C/C=C\2)n1. The minimum atomic E-state index is 0.860. The first-order valence-electron chi connectivity index (χ1n) is 15.0. The topological polar surface area (TPSA) is 12.9 Å². The van der Waals surface area contributed by atoms with Gasteiger partial charge in [0.2, 0.25) is 0 Å². The molecule has 42 heavy (non-hydrogen) atoms. The summed E-state index contributed by atoms with van der Waals surface area (Å²) in [7, 11) is 0. The van der Waals surface area contributed by atoms with Gasteiger partial charge in [-0.15, -0.1) is 0 Å². The standard InChI is InChI=1S/C41H37N/c1-4-30(5-2)38-28-37(29(3)41(42-38)32-21-13-7-6-8-14-22-32)40-34-24-16-15-23-33(27-34)39(31-19-11-9-10-12-20-31)35-25-17-18-26-36(35)40/h4-7,9,11-12,14-26,28H,1,8,10,13,27H2,2-3H3/b7-6-,22-14-,30-5+,32-21?. The highest BCUT2D eigenvalue weighted by Crippen LogP contribution is 2.38. The monoisotopic (exact) mass is 543 g/mol. The summed E-state index contributed by atoms with van der Waals surface area (Å²) >= 11 is 0. The number of rotatable bonds is 5. The number of benzene rings is 1. The lowest BCUT2D eigenvalue weighted by molar-refractivity contribution is 1.16. The molecule has 0 saturated carbocycles. The number of aromatic nitrogens is 1. The molecule has 1 heterocycles. The van der Waals surface area contributed by atoms with Gasteiger partial charge in [0.25, 0.3) is 0 Å². The lowest BCUT2D eigenvalue weighted by atomic mass is 9.87. The molecule has 0 saturated heterocycles. The number of allylic oxidation sites excluding steroid dienone is 21. The molecule has 0 spiro atoms. The van der Waals surface area contributed by atoms with Crippen molar-refractivity contribution in [2.45, 2.75) is 39.5 Å². The molecule has 2 aromatic rings. The lowest BCUT2D eigenvalue weighted by Gasteiger charge is -2.19. The summed E-state index contributed by atoms with van der Waals surface area (Å²) in [5, 5.41) is 2.53. The third-order valence-corrected chi connectivity index (χ3v) is 8.32. The molecule has 206 valence electrons. The molecule has 1 heteroatoms. The normalized spacial score (nSPS) is 19.6. The second kappa shape index (κ2) is 12.4. The van der Waals surface area contributed by atoms with Crippen LogP contribution in [-0.4, -0.2) is 4.98 Å². The highest BCUT2D eigenvalue weighted by molar-refractivity contribution is 5.92. The fourth-order valence-corrected chi connectivity index (χ4v) is 6.25. The van der Waals surface area contributed by atoms with E-state index in [1.165, 1.54) is 55.0 Å². The van der Waals surface area contributed by atoms with E-state index in [2.05, 4.69) is 142 Å². The van der Waals surface area contributed by atoms with E-state index in [0.717, 1.165) is 42.6 Å². The molecule has 1 aromatic heterocycles. The largest absolute Gasteiger partial charge is 0.247 e. The molecule has 0 fully saturated rings. The van der Waals surface area contributed by atoms with Crippen LogP contribution < -0.4 is 10.4 Å². The first kappa shape index (κ1) is 27.4. The predicted molar refractivity (Wildman–Crippen MR) is 181 cm³/mol. The fraction of sp³-hybridized carbons (Fsp3) is 0.146. The van der Waals surface area contributed by atoms with Gasteiger partial charge in [0.1, 0.15) is 0 Å². The second-order valence-corrected chi connectivity index (χ2v) is 10.9. The molecule has 0 atom stereocenters. The molecule has 1 aromatic carbocycles. The lowest BCUT2D eigenvalue weighted by Crippen LogP contribution is -2.29. The van der Waals surface area contributed by atoms with Crippen LogP contribution in [0.15, 0.2) is 151 Å². The Balaban J connectivity index is 1.75. The third kappa shape index (κ3) is 5.31. The fourth-order valence-electron chi connectivity index (χ4n) is 6.25. The minimum absolute atomic E-state index is 0.860. The maximum absolute atomic E-state index is 5.27. The predicted octanol–water partition coefficient (Wildman–Crippen LogP) is 8.89. The quantitative estimate of drug-likeness (QED) is 0.271. The Morgan fingerprint density at radius 1 is 0.786 bits per heavy atom. The van der Waals surface area contributed by atoms with Crippen LogP contribution in [-0.2, 0) is 0 Å². The van der Waals surface area contributed by atoms with Crippen molar-refractivity contribution in [1.82, 2.24) is 4.98 Å². The highest BCUT2D eigenvalue weighted by Gasteiger charge is 2.24. The van der Waals surface area contributed by atoms with Gasteiger partial charge in [0.05, 0.1) is 11.4 Å². The van der Waals surface area contributed by atoms with Crippen LogP contribution >= 0.6 is 0 Å². The van der Waals surface area contributed by atoms with E-state index >= 15 is 0 Å². The van der Waals surface area contributed by atoms with Gasteiger partial charge in [0.15, 0.2) is 0 Å². The van der Waals surface area contributed by atoms with Gasteiger partial charge in [-0.05, 0) is 106 Å². The van der Waals surface area contributed by atoms with Crippen molar-refractivity contribution in [3.8, 4) is 0 Å². The van der Waals surface area contributed by atoms with Crippen LogP contribution in [0.3, 0.4) is 0 Å². The van der Waals surface area contributed by atoms with Gasteiger partial charge in [-0.2, -0.15) is 0 Å². The number of nitrogens with zero attached hydrogens (tertiary/aromatic N) is 1. The van der Waals surface area contributed by atoms with Crippen molar-refractivity contribution in [2.24, 2.45) is 0 Å². The second-order valence-electron chi connectivity index (χ2n) is 10.9. The molecule has 0 amide bonds. The summed E-state index contributed by atoms with van der Waals surface area (Å²) in [5.74, 6) is 0. The van der Waals surface area contributed by atoms with Crippen molar-refractivity contribution in [3.63, 3.8) is 0 Å². The molecule has 6 rings (SSSR count). The van der Waals surface area contributed by atoms with Gasteiger partial charge in [-0.3, -0.25) is 0 Å². The van der Waals surface area contributed by atoms with E-state index in [1.807, 2.05) is 6.08 Å². The van der Waals surface area contributed by atoms with Crippen LogP contribution in [0.1, 0.15) is 55.1 Å². The van der Waals surface area contributed by atoms with E-state index < -0.39 is 0 Å². The van der Waals surface area contributed by atoms with Crippen LogP contribution in [0.5, 0.6) is 0 Å². The first-order chi connectivity index (χ1) is 20.7. The summed E-state index contributed by atoms with van der Waals surface area (Å²) in [6.07, 6.45) is 39.1. The van der Waals surface area contributed by atoms with Crippen LogP contribution in [0, 0.1) is 6.92 Å². The van der Waals surface area contributed by atoms with E-state index in [4.69, 9.17) is 4.98 Å². The maximum Gasteiger partial charge on any atom is 0.0741 e.